The molecule has 1 heterocycles. The Morgan fingerprint density at radius 1 is 1.05 bits per heavy atom. The second kappa shape index (κ2) is 5.14. The zero-order valence-corrected chi connectivity index (χ0v) is 12.2. The van der Waals surface area contributed by atoms with Crippen molar-refractivity contribution in [3.63, 3.8) is 0 Å². The van der Waals surface area contributed by atoms with Crippen LogP contribution in [0.4, 0.5) is 11.4 Å². The van der Waals surface area contributed by atoms with E-state index < -0.39 is 0 Å². The van der Waals surface area contributed by atoms with Gasteiger partial charge in [-0.15, -0.1) is 0 Å². The monoisotopic (exact) mass is 327 g/mol. The van der Waals surface area contributed by atoms with Crippen LogP contribution in [0.15, 0.2) is 41.5 Å². The number of nitrogens with one attached hydrogen (secondary N) is 1. The van der Waals surface area contributed by atoms with E-state index in [1.807, 2.05) is 0 Å². The highest BCUT2D eigenvalue weighted by atomic mass is 35.5. The largest absolute Gasteiger partial charge is 0.282 e. The van der Waals surface area contributed by atoms with E-state index >= 15 is 0 Å². The minimum absolute atomic E-state index is 0.318. The van der Waals surface area contributed by atoms with Gasteiger partial charge in [0.05, 0.1) is 21.4 Å². The third kappa shape index (κ3) is 2.31. The van der Waals surface area contributed by atoms with Gasteiger partial charge in [-0.25, -0.2) is 5.06 Å². The van der Waals surface area contributed by atoms with Gasteiger partial charge >= 0.3 is 0 Å². The van der Waals surface area contributed by atoms with E-state index in [4.69, 9.17) is 34.8 Å². The van der Waals surface area contributed by atoms with Gasteiger partial charge in [0, 0.05) is 10.6 Å². The summed E-state index contributed by atoms with van der Waals surface area (Å²) in [5, 5.41) is 16.6. The highest BCUT2D eigenvalue weighted by molar-refractivity contribution is 6.42. The van der Waals surface area contributed by atoms with Crippen LogP contribution in [0, 0.1) is 0 Å². The molecule has 0 amide bonds. The maximum Gasteiger partial charge on any atom is 0.184 e. The van der Waals surface area contributed by atoms with Crippen molar-refractivity contribution in [3.8, 4) is 0 Å². The summed E-state index contributed by atoms with van der Waals surface area (Å²) in [4.78, 5) is 0. The van der Waals surface area contributed by atoms with E-state index in [-0.39, 0.29) is 0 Å². The second-order valence-electron chi connectivity index (χ2n) is 4.15. The fraction of sp³-hybridized carbons (Fsp3) is 0. The Morgan fingerprint density at radius 2 is 1.80 bits per heavy atom. The predicted molar refractivity (Wildman–Crippen MR) is 82.3 cm³/mol. The molecule has 0 aromatic heterocycles. The third-order valence-electron chi connectivity index (χ3n) is 2.83. The molecule has 7 heteroatoms. The number of hydrogen-bond donors (Lipinski definition) is 2. The number of amidine groups is 1. The standard InChI is InChI=1S/C13H8Cl3N3O/c14-8-3-1-2-7(4-8)13-18-17-11-5-9(15)10(16)6-12(11)19(13)20/h1-6,17,20H. The first-order chi connectivity index (χ1) is 9.56. The van der Waals surface area contributed by atoms with Crippen LogP contribution in [0.3, 0.4) is 0 Å². The van der Waals surface area contributed by atoms with E-state index in [0.29, 0.717) is 37.8 Å². The first-order valence-electron chi connectivity index (χ1n) is 5.64. The molecular formula is C13H8Cl3N3O. The Labute approximate surface area is 130 Å². The molecule has 20 heavy (non-hydrogen) atoms. The Hall–Kier alpha value is -1.46. The first-order valence-corrected chi connectivity index (χ1v) is 6.77. The van der Waals surface area contributed by atoms with Crippen molar-refractivity contribution in [1.29, 1.82) is 0 Å². The van der Waals surface area contributed by atoms with Crippen LogP contribution in [-0.4, -0.2) is 11.0 Å². The normalized spacial score (nSPS) is 13.6. The van der Waals surface area contributed by atoms with Gasteiger partial charge in [-0.3, -0.25) is 10.6 Å². The fourth-order valence-corrected chi connectivity index (χ4v) is 2.40. The summed E-state index contributed by atoms with van der Waals surface area (Å²) in [5.74, 6) is 0.318. The van der Waals surface area contributed by atoms with Crippen LogP contribution < -0.4 is 10.5 Å². The van der Waals surface area contributed by atoms with E-state index in [1.165, 1.54) is 0 Å². The van der Waals surface area contributed by atoms with Crippen molar-refractivity contribution in [2.75, 3.05) is 10.5 Å². The Morgan fingerprint density at radius 3 is 2.55 bits per heavy atom. The Bertz CT molecular complexity index is 718. The molecule has 0 saturated heterocycles. The smallest absolute Gasteiger partial charge is 0.184 e. The number of rotatable bonds is 1. The number of hydroxylamine groups is 1. The molecular weight excluding hydrogens is 321 g/mol. The number of anilines is 2. The predicted octanol–water partition coefficient (Wildman–Crippen LogP) is 4.63. The minimum atomic E-state index is 0.318. The van der Waals surface area contributed by atoms with E-state index in [1.54, 1.807) is 36.4 Å². The number of nitrogens with zero attached hydrogens (tertiary/aromatic N) is 2. The topological polar surface area (TPSA) is 47.9 Å². The molecule has 0 saturated carbocycles. The Kier molecular flexibility index (Phi) is 3.48. The molecule has 1 aliphatic heterocycles. The van der Waals surface area contributed by atoms with Crippen molar-refractivity contribution < 1.29 is 5.21 Å². The van der Waals surface area contributed by atoms with Crippen molar-refractivity contribution in [3.05, 3.63) is 57.0 Å². The zero-order chi connectivity index (χ0) is 14.3. The maximum atomic E-state index is 10.3. The summed E-state index contributed by atoms with van der Waals surface area (Å²) in [7, 11) is 0. The molecule has 0 atom stereocenters. The molecule has 2 aromatic rings. The van der Waals surface area contributed by atoms with Gasteiger partial charge in [-0.2, -0.15) is 5.10 Å². The molecule has 2 N–H and O–H groups in total. The molecule has 0 unspecified atom stereocenters. The molecule has 0 bridgehead atoms. The van der Waals surface area contributed by atoms with Crippen LogP contribution in [0.5, 0.6) is 0 Å². The molecule has 1 aliphatic rings. The van der Waals surface area contributed by atoms with Gasteiger partial charge in [0.25, 0.3) is 0 Å². The van der Waals surface area contributed by atoms with Gasteiger partial charge in [0.1, 0.15) is 0 Å². The molecule has 0 aliphatic carbocycles. The molecule has 0 radical (unpaired) electrons. The number of benzene rings is 2. The summed E-state index contributed by atoms with van der Waals surface area (Å²) in [6.07, 6.45) is 0. The lowest BCUT2D eigenvalue weighted by Gasteiger charge is -2.26. The molecule has 102 valence electrons. The molecule has 3 rings (SSSR count). The van der Waals surface area contributed by atoms with Crippen molar-refractivity contribution in [2.45, 2.75) is 0 Å². The maximum absolute atomic E-state index is 10.3. The van der Waals surface area contributed by atoms with E-state index in [9.17, 15) is 5.21 Å². The van der Waals surface area contributed by atoms with E-state index in [0.717, 1.165) is 5.06 Å². The van der Waals surface area contributed by atoms with Gasteiger partial charge in [0.15, 0.2) is 5.84 Å². The third-order valence-corrected chi connectivity index (χ3v) is 3.79. The number of halogens is 3. The van der Waals surface area contributed by atoms with Crippen LogP contribution in [-0.2, 0) is 0 Å². The van der Waals surface area contributed by atoms with Crippen molar-refractivity contribution >= 4 is 52.0 Å². The molecule has 0 fully saturated rings. The summed E-state index contributed by atoms with van der Waals surface area (Å²) >= 11 is 17.8. The summed E-state index contributed by atoms with van der Waals surface area (Å²) in [6.45, 7) is 0. The molecule has 4 nitrogen and oxygen atoms in total. The van der Waals surface area contributed by atoms with Crippen LogP contribution in [0.1, 0.15) is 5.56 Å². The highest BCUT2D eigenvalue weighted by Gasteiger charge is 2.23. The first kappa shape index (κ1) is 13.5. The molecule has 2 aromatic carbocycles. The number of fused-ring (bicyclic) bond motifs is 1. The number of hydrazone groups is 1. The van der Waals surface area contributed by atoms with E-state index in [2.05, 4.69) is 10.5 Å². The van der Waals surface area contributed by atoms with Crippen molar-refractivity contribution in [2.24, 2.45) is 5.10 Å². The average molecular weight is 329 g/mol. The number of hydrogen-bond acceptors (Lipinski definition) is 4. The van der Waals surface area contributed by atoms with Gasteiger partial charge < -0.3 is 0 Å². The quantitative estimate of drug-likeness (QED) is 0.802. The lowest BCUT2D eigenvalue weighted by atomic mass is 10.1. The highest BCUT2D eigenvalue weighted by Crippen LogP contribution is 2.37. The summed E-state index contributed by atoms with van der Waals surface area (Å²) in [6, 6.07) is 10.2. The lowest BCUT2D eigenvalue weighted by Crippen LogP contribution is -2.32. The van der Waals surface area contributed by atoms with Crippen LogP contribution >= 0.6 is 34.8 Å². The average Bonchev–Trinajstić information content (AvgIpc) is 2.41. The van der Waals surface area contributed by atoms with Crippen LogP contribution in [0.25, 0.3) is 0 Å². The molecule has 0 spiro atoms. The zero-order valence-electron chi connectivity index (χ0n) is 9.94. The minimum Gasteiger partial charge on any atom is -0.282 e. The lowest BCUT2D eigenvalue weighted by molar-refractivity contribution is 0.312. The van der Waals surface area contributed by atoms with Gasteiger partial charge in [0.2, 0.25) is 0 Å². The van der Waals surface area contributed by atoms with Crippen LogP contribution in [0.2, 0.25) is 15.1 Å². The Balaban J connectivity index is 2.05. The van der Waals surface area contributed by atoms with Gasteiger partial charge in [-0.05, 0) is 24.3 Å². The van der Waals surface area contributed by atoms with Gasteiger partial charge in [-0.1, -0.05) is 46.9 Å². The fourth-order valence-electron chi connectivity index (χ4n) is 1.89. The summed E-state index contributed by atoms with van der Waals surface area (Å²) in [5.41, 5.74) is 4.52. The second-order valence-corrected chi connectivity index (χ2v) is 5.40. The van der Waals surface area contributed by atoms with Crippen molar-refractivity contribution in [1.82, 2.24) is 0 Å². The SMILES string of the molecule is ON1C(c2cccc(Cl)c2)=NNc2cc(Cl)c(Cl)cc21. The summed E-state index contributed by atoms with van der Waals surface area (Å²) < 4.78 is 0.